The summed E-state index contributed by atoms with van der Waals surface area (Å²) in [5.74, 6) is 1.33. The van der Waals surface area contributed by atoms with Gasteiger partial charge in [-0.2, -0.15) is 0 Å². The second-order valence-corrected chi connectivity index (χ2v) is 5.30. The van der Waals surface area contributed by atoms with E-state index in [-0.39, 0.29) is 12.7 Å². The van der Waals surface area contributed by atoms with Crippen molar-refractivity contribution < 1.29 is 14.3 Å². The topological polar surface area (TPSA) is 38.8 Å². The fraction of sp³-hybridized carbons (Fsp3) is 0.235. The Kier molecular flexibility index (Phi) is 2.81. The van der Waals surface area contributed by atoms with Crippen LogP contribution in [-0.4, -0.2) is 24.1 Å². The van der Waals surface area contributed by atoms with E-state index in [1.165, 1.54) is 5.56 Å². The maximum absolute atomic E-state index is 12.6. The van der Waals surface area contributed by atoms with Gasteiger partial charge >= 0.3 is 0 Å². The van der Waals surface area contributed by atoms with Gasteiger partial charge in [0, 0.05) is 13.1 Å². The number of hydrogen-bond acceptors (Lipinski definition) is 3. The Labute approximate surface area is 122 Å². The molecule has 0 spiro atoms. The molecule has 21 heavy (non-hydrogen) atoms. The quantitative estimate of drug-likeness (QED) is 0.868. The zero-order valence-corrected chi connectivity index (χ0v) is 11.5. The van der Waals surface area contributed by atoms with E-state index in [9.17, 15) is 4.79 Å². The monoisotopic (exact) mass is 281 g/mol. The van der Waals surface area contributed by atoms with Crippen LogP contribution in [0.5, 0.6) is 11.5 Å². The summed E-state index contributed by atoms with van der Waals surface area (Å²) in [4.78, 5) is 14.4. The van der Waals surface area contributed by atoms with E-state index in [0.717, 1.165) is 12.0 Å². The van der Waals surface area contributed by atoms with E-state index >= 15 is 0 Å². The lowest BCUT2D eigenvalue weighted by molar-refractivity contribution is 0.0776. The average molecular weight is 281 g/mol. The van der Waals surface area contributed by atoms with Crippen LogP contribution in [0, 0.1) is 0 Å². The maximum Gasteiger partial charge on any atom is 0.258 e. The summed E-state index contributed by atoms with van der Waals surface area (Å²) in [6, 6.07) is 14.1. The Bertz CT molecular complexity index is 697. The molecule has 0 N–H and O–H groups in total. The van der Waals surface area contributed by atoms with Gasteiger partial charge in [0.1, 0.15) is 0 Å². The van der Waals surface area contributed by atoms with Crippen LogP contribution in [-0.2, 0) is 13.0 Å². The third kappa shape index (κ3) is 2.03. The summed E-state index contributed by atoms with van der Waals surface area (Å²) in [6.07, 6.45) is 0.861. The third-order valence-electron chi connectivity index (χ3n) is 4.00. The van der Waals surface area contributed by atoms with Crippen molar-refractivity contribution in [3.63, 3.8) is 0 Å². The highest BCUT2D eigenvalue weighted by atomic mass is 16.7. The van der Waals surface area contributed by atoms with Gasteiger partial charge in [-0.15, -0.1) is 0 Å². The minimum absolute atomic E-state index is 0.0447. The highest BCUT2D eigenvalue weighted by Crippen LogP contribution is 2.41. The van der Waals surface area contributed by atoms with Crippen LogP contribution in [0.25, 0.3) is 0 Å². The lowest BCUT2D eigenvalue weighted by Crippen LogP contribution is -2.26. The lowest BCUT2D eigenvalue weighted by atomic mass is 10.1. The van der Waals surface area contributed by atoms with Gasteiger partial charge in [0.25, 0.3) is 5.91 Å². The van der Waals surface area contributed by atoms with Crippen molar-refractivity contribution in [2.45, 2.75) is 13.0 Å². The van der Waals surface area contributed by atoms with Crippen LogP contribution in [0.2, 0.25) is 0 Å². The number of nitrogens with zero attached hydrogens (tertiary/aromatic N) is 1. The van der Waals surface area contributed by atoms with E-state index in [0.29, 0.717) is 30.2 Å². The minimum Gasteiger partial charge on any atom is -0.454 e. The van der Waals surface area contributed by atoms with Crippen molar-refractivity contribution in [1.82, 2.24) is 4.90 Å². The summed E-state index contributed by atoms with van der Waals surface area (Å²) < 4.78 is 10.8. The molecule has 0 aliphatic carbocycles. The Morgan fingerprint density at radius 2 is 1.90 bits per heavy atom. The predicted molar refractivity (Wildman–Crippen MR) is 77.5 cm³/mol. The standard InChI is InChI=1S/C17H15NO3/c19-17-15-13(6-7-14-16(15)21-11-20-14)10-18(17)9-8-12-4-2-1-3-5-12/h1-7H,8-11H2. The van der Waals surface area contributed by atoms with E-state index in [1.807, 2.05) is 35.2 Å². The molecule has 2 aromatic carbocycles. The average Bonchev–Trinajstić information content (AvgIpc) is 3.10. The van der Waals surface area contributed by atoms with Gasteiger partial charge in [-0.1, -0.05) is 36.4 Å². The molecule has 0 fully saturated rings. The summed E-state index contributed by atoms with van der Waals surface area (Å²) in [5, 5.41) is 0. The van der Waals surface area contributed by atoms with Crippen molar-refractivity contribution in [3.8, 4) is 11.5 Å². The van der Waals surface area contributed by atoms with Gasteiger partial charge in [0.15, 0.2) is 11.5 Å². The number of ether oxygens (including phenoxy) is 2. The zero-order valence-electron chi connectivity index (χ0n) is 11.5. The first-order valence-electron chi connectivity index (χ1n) is 7.07. The molecule has 2 aliphatic heterocycles. The van der Waals surface area contributed by atoms with Crippen LogP contribution >= 0.6 is 0 Å². The number of amides is 1. The van der Waals surface area contributed by atoms with Crippen molar-refractivity contribution in [1.29, 1.82) is 0 Å². The molecule has 0 unspecified atom stereocenters. The SMILES string of the molecule is O=C1c2c(ccc3c2OCO3)CN1CCc1ccccc1. The van der Waals surface area contributed by atoms with Crippen LogP contribution in [0.15, 0.2) is 42.5 Å². The van der Waals surface area contributed by atoms with Crippen molar-refractivity contribution in [2.24, 2.45) is 0 Å². The number of rotatable bonds is 3. The molecule has 0 saturated heterocycles. The first-order valence-corrected chi connectivity index (χ1v) is 7.07. The Morgan fingerprint density at radius 1 is 1.05 bits per heavy atom. The molecule has 4 rings (SSSR count). The first kappa shape index (κ1) is 12.3. The molecule has 2 heterocycles. The Morgan fingerprint density at radius 3 is 2.76 bits per heavy atom. The second kappa shape index (κ2) is 4.81. The smallest absolute Gasteiger partial charge is 0.258 e. The summed E-state index contributed by atoms with van der Waals surface area (Å²) in [6.45, 7) is 1.56. The van der Waals surface area contributed by atoms with Crippen LogP contribution in [0.4, 0.5) is 0 Å². The van der Waals surface area contributed by atoms with E-state index in [4.69, 9.17) is 9.47 Å². The van der Waals surface area contributed by atoms with E-state index < -0.39 is 0 Å². The van der Waals surface area contributed by atoms with Gasteiger partial charge in [-0.3, -0.25) is 4.79 Å². The molecule has 0 radical (unpaired) electrons. The Hall–Kier alpha value is -2.49. The number of benzene rings is 2. The van der Waals surface area contributed by atoms with Gasteiger partial charge in [0.2, 0.25) is 6.79 Å². The fourth-order valence-corrected chi connectivity index (χ4v) is 2.90. The van der Waals surface area contributed by atoms with Gasteiger partial charge in [-0.25, -0.2) is 0 Å². The summed E-state index contributed by atoms with van der Waals surface area (Å²) in [7, 11) is 0. The lowest BCUT2D eigenvalue weighted by Gasteiger charge is -2.15. The highest BCUT2D eigenvalue weighted by Gasteiger charge is 2.34. The molecule has 4 nitrogen and oxygen atoms in total. The molecule has 2 aromatic rings. The van der Waals surface area contributed by atoms with E-state index in [1.54, 1.807) is 0 Å². The molecule has 0 saturated carbocycles. The van der Waals surface area contributed by atoms with Crippen molar-refractivity contribution in [2.75, 3.05) is 13.3 Å². The summed E-state index contributed by atoms with van der Waals surface area (Å²) >= 11 is 0. The molecular weight excluding hydrogens is 266 g/mol. The first-order chi connectivity index (χ1) is 10.3. The molecule has 0 atom stereocenters. The second-order valence-electron chi connectivity index (χ2n) is 5.30. The van der Waals surface area contributed by atoms with Crippen molar-refractivity contribution >= 4 is 5.91 Å². The van der Waals surface area contributed by atoms with Crippen LogP contribution < -0.4 is 9.47 Å². The van der Waals surface area contributed by atoms with Crippen molar-refractivity contribution in [3.05, 3.63) is 59.2 Å². The number of carbonyl (C=O) groups excluding carboxylic acids is 1. The third-order valence-corrected chi connectivity index (χ3v) is 4.00. The minimum atomic E-state index is 0.0447. The maximum atomic E-state index is 12.6. The van der Waals surface area contributed by atoms with E-state index in [2.05, 4.69) is 12.1 Å². The molecule has 106 valence electrons. The van der Waals surface area contributed by atoms with Crippen LogP contribution in [0.3, 0.4) is 0 Å². The number of fused-ring (bicyclic) bond motifs is 3. The highest BCUT2D eigenvalue weighted by molar-refractivity contribution is 6.02. The van der Waals surface area contributed by atoms with Gasteiger partial charge < -0.3 is 14.4 Å². The molecule has 0 aromatic heterocycles. The molecular formula is C17H15NO3. The van der Waals surface area contributed by atoms with Gasteiger partial charge in [-0.05, 0) is 23.6 Å². The zero-order chi connectivity index (χ0) is 14.2. The summed E-state index contributed by atoms with van der Waals surface area (Å²) in [5.41, 5.74) is 2.95. The number of hydrogen-bond donors (Lipinski definition) is 0. The fourth-order valence-electron chi connectivity index (χ4n) is 2.90. The predicted octanol–water partition coefficient (Wildman–Crippen LogP) is 2.61. The largest absolute Gasteiger partial charge is 0.454 e. The molecule has 1 amide bonds. The normalized spacial score (nSPS) is 15.4. The molecule has 4 heteroatoms. The molecule has 0 bridgehead atoms. The Balaban J connectivity index is 1.54. The van der Waals surface area contributed by atoms with Gasteiger partial charge in [0.05, 0.1) is 5.56 Å². The van der Waals surface area contributed by atoms with Crippen LogP contribution in [0.1, 0.15) is 21.5 Å². The number of carbonyl (C=O) groups is 1. The molecule has 2 aliphatic rings.